The average Bonchev–Trinajstić information content (AvgIpc) is 2.65. The minimum atomic E-state index is 0.448. The Balaban J connectivity index is 2.14. The molecule has 1 heterocycles. The first-order chi connectivity index (χ1) is 7.18. The molecule has 2 atom stereocenters. The molecule has 0 spiro atoms. The zero-order valence-corrected chi connectivity index (χ0v) is 10.2. The van der Waals surface area contributed by atoms with Crippen LogP contribution in [0.4, 0.5) is 0 Å². The van der Waals surface area contributed by atoms with Crippen LogP contribution >= 0.6 is 11.6 Å². The van der Waals surface area contributed by atoms with Gasteiger partial charge in [-0.25, -0.2) is 0 Å². The van der Waals surface area contributed by atoms with Crippen LogP contribution in [-0.2, 0) is 0 Å². The normalized spacial score (nSPS) is 24.3. The molecule has 0 saturated carbocycles. The Morgan fingerprint density at radius 1 is 1.40 bits per heavy atom. The summed E-state index contributed by atoms with van der Waals surface area (Å²) in [6.07, 6.45) is 1.31. The third kappa shape index (κ3) is 2.35. The lowest BCUT2D eigenvalue weighted by atomic mass is 10.1. The number of hydrogen-bond acceptors (Lipinski definition) is 1. The van der Waals surface area contributed by atoms with Crippen LogP contribution < -0.4 is 0 Å². The Hall–Kier alpha value is -0.530. The van der Waals surface area contributed by atoms with Crippen molar-refractivity contribution in [3.05, 3.63) is 34.9 Å². The average molecular weight is 224 g/mol. The van der Waals surface area contributed by atoms with E-state index in [1.54, 1.807) is 0 Å². The fraction of sp³-hybridized carbons (Fsp3) is 0.538. The van der Waals surface area contributed by atoms with Crippen LogP contribution in [-0.4, -0.2) is 18.0 Å². The molecule has 1 saturated heterocycles. The van der Waals surface area contributed by atoms with Gasteiger partial charge in [0.05, 0.1) is 0 Å². The maximum Gasteiger partial charge on any atom is 0.0453 e. The molecule has 0 N–H and O–H groups in total. The Morgan fingerprint density at radius 2 is 2.13 bits per heavy atom. The Labute approximate surface area is 97.0 Å². The van der Waals surface area contributed by atoms with Gasteiger partial charge in [0.25, 0.3) is 0 Å². The molecule has 2 heteroatoms. The van der Waals surface area contributed by atoms with Crippen molar-refractivity contribution >= 4 is 11.6 Å². The van der Waals surface area contributed by atoms with E-state index in [9.17, 15) is 0 Å². The van der Waals surface area contributed by atoms with Gasteiger partial charge in [-0.2, -0.15) is 0 Å². The lowest BCUT2D eigenvalue weighted by Gasteiger charge is -2.25. The summed E-state index contributed by atoms with van der Waals surface area (Å²) in [5.74, 6) is 0.829. The highest BCUT2D eigenvalue weighted by Crippen LogP contribution is 2.30. The van der Waals surface area contributed by atoms with Crippen molar-refractivity contribution in [1.29, 1.82) is 0 Å². The van der Waals surface area contributed by atoms with E-state index < -0.39 is 0 Å². The molecule has 1 fully saturated rings. The van der Waals surface area contributed by atoms with E-state index >= 15 is 0 Å². The topological polar surface area (TPSA) is 3.24 Å². The summed E-state index contributed by atoms with van der Waals surface area (Å²) in [5, 5.41) is 0.893. The van der Waals surface area contributed by atoms with Crippen molar-refractivity contribution in [3.63, 3.8) is 0 Å². The van der Waals surface area contributed by atoms with Crippen molar-refractivity contribution in [2.75, 3.05) is 13.1 Å². The molecule has 2 unspecified atom stereocenters. The molecule has 0 aromatic heterocycles. The second kappa shape index (κ2) is 4.54. The number of halogens is 1. The van der Waals surface area contributed by atoms with Crippen LogP contribution in [0.5, 0.6) is 0 Å². The van der Waals surface area contributed by atoms with E-state index in [2.05, 4.69) is 30.9 Å². The van der Waals surface area contributed by atoms with E-state index in [0.717, 1.165) is 10.9 Å². The van der Waals surface area contributed by atoms with Crippen LogP contribution in [0.3, 0.4) is 0 Å². The van der Waals surface area contributed by atoms with Gasteiger partial charge in [-0.15, -0.1) is 0 Å². The third-order valence-corrected chi connectivity index (χ3v) is 3.70. The van der Waals surface area contributed by atoms with Crippen LogP contribution in [0.15, 0.2) is 24.3 Å². The van der Waals surface area contributed by atoms with E-state index in [-0.39, 0.29) is 0 Å². The number of benzene rings is 1. The van der Waals surface area contributed by atoms with Gasteiger partial charge >= 0.3 is 0 Å². The minimum Gasteiger partial charge on any atom is -0.296 e. The first-order valence-electron chi connectivity index (χ1n) is 5.67. The molecule has 0 bridgehead atoms. The fourth-order valence-corrected chi connectivity index (χ4v) is 2.63. The van der Waals surface area contributed by atoms with E-state index in [1.807, 2.05) is 12.1 Å². The fourth-order valence-electron chi connectivity index (χ4n) is 2.33. The van der Waals surface area contributed by atoms with Gasteiger partial charge in [-0.1, -0.05) is 36.7 Å². The molecule has 82 valence electrons. The van der Waals surface area contributed by atoms with Crippen LogP contribution in [0.1, 0.15) is 31.9 Å². The first-order valence-corrected chi connectivity index (χ1v) is 6.04. The van der Waals surface area contributed by atoms with Crippen molar-refractivity contribution < 1.29 is 0 Å². The highest BCUT2D eigenvalue weighted by molar-refractivity contribution is 6.31. The summed E-state index contributed by atoms with van der Waals surface area (Å²) in [6, 6.07) is 8.62. The molecular weight excluding hydrogens is 206 g/mol. The maximum atomic E-state index is 6.21. The summed E-state index contributed by atoms with van der Waals surface area (Å²) in [4.78, 5) is 2.52. The van der Waals surface area contributed by atoms with Gasteiger partial charge in [-0.05, 0) is 37.4 Å². The van der Waals surface area contributed by atoms with Gasteiger partial charge in [0.15, 0.2) is 0 Å². The smallest absolute Gasteiger partial charge is 0.0453 e. The lowest BCUT2D eigenvalue weighted by Crippen LogP contribution is -2.24. The number of rotatable bonds is 2. The van der Waals surface area contributed by atoms with Crippen molar-refractivity contribution in [2.24, 2.45) is 5.92 Å². The summed E-state index contributed by atoms with van der Waals surface area (Å²) in [6.45, 7) is 6.97. The molecule has 1 aliphatic rings. The van der Waals surface area contributed by atoms with E-state index in [1.165, 1.54) is 25.1 Å². The molecule has 1 aromatic rings. The van der Waals surface area contributed by atoms with E-state index in [4.69, 9.17) is 11.6 Å². The summed E-state index contributed by atoms with van der Waals surface area (Å²) >= 11 is 6.21. The largest absolute Gasteiger partial charge is 0.296 e. The molecule has 2 rings (SSSR count). The Bertz CT molecular complexity index is 337. The van der Waals surface area contributed by atoms with Crippen LogP contribution in [0.2, 0.25) is 5.02 Å². The van der Waals surface area contributed by atoms with Crippen molar-refractivity contribution in [1.82, 2.24) is 4.90 Å². The van der Waals surface area contributed by atoms with Crippen LogP contribution in [0, 0.1) is 5.92 Å². The summed E-state index contributed by atoms with van der Waals surface area (Å²) < 4.78 is 0. The molecule has 1 aromatic carbocycles. The number of hydrogen-bond donors (Lipinski definition) is 0. The van der Waals surface area contributed by atoms with E-state index in [0.29, 0.717) is 6.04 Å². The molecule has 0 aliphatic carbocycles. The molecule has 1 aliphatic heterocycles. The maximum absolute atomic E-state index is 6.21. The van der Waals surface area contributed by atoms with Crippen molar-refractivity contribution in [3.8, 4) is 0 Å². The van der Waals surface area contributed by atoms with Gasteiger partial charge in [-0.3, -0.25) is 4.90 Å². The standard InChI is InChI=1S/C13H18ClN/c1-10-7-8-15(9-10)11(2)12-5-3-4-6-13(12)14/h3-6,10-11H,7-9H2,1-2H3. The Kier molecular flexibility index (Phi) is 3.32. The number of nitrogens with zero attached hydrogens (tertiary/aromatic N) is 1. The minimum absolute atomic E-state index is 0.448. The van der Waals surface area contributed by atoms with Gasteiger partial charge in [0, 0.05) is 17.6 Å². The van der Waals surface area contributed by atoms with Gasteiger partial charge in [0.1, 0.15) is 0 Å². The quantitative estimate of drug-likeness (QED) is 0.738. The SMILES string of the molecule is CC1CCN(C(C)c2ccccc2Cl)C1. The van der Waals surface area contributed by atoms with Crippen LogP contribution in [0.25, 0.3) is 0 Å². The Morgan fingerprint density at radius 3 is 2.73 bits per heavy atom. The zero-order valence-electron chi connectivity index (χ0n) is 9.41. The monoisotopic (exact) mass is 223 g/mol. The highest BCUT2D eigenvalue weighted by Gasteiger charge is 2.24. The molecule has 0 radical (unpaired) electrons. The second-order valence-electron chi connectivity index (χ2n) is 4.59. The first kappa shape index (κ1) is 11.0. The number of likely N-dealkylation sites (tertiary alicyclic amines) is 1. The second-order valence-corrected chi connectivity index (χ2v) is 4.99. The zero-order chi connectivity index (χ0) is 10.8. The third-order valence-electron chi connectivity index (χ3n) is 3.36. The predicted octanol–water partition coefficient (Wildman–Crippen LogP) is 3.74. The predicted molar refractivity (Wildman–Crippen MR) is 65.2 cm³/mol. The summed E-state index contributed by atoms with van der Waals surface area (Å²) in [7, 11) is 0. The molecule has 15 heavy (non-hydrogen) atoms. The highest BCUT2D eigenvalue weighted by atomic mass is 35.5. The summed E-state index contributed by atoms with van der Waals surface area (Å²) in [5.41, 5.74) is 1.26. The lowest BCUT2D eigenvalue weighted by molar-refractivity contribution is 0.255. The molecule has 1 nitrogen and oxygen atoms in total. The molecular formula is C13H18ClN. The van der Waals surface area contributed by atoms with Gasteiger partial charge < -0.3 is 0 Å². The van der Waals surface area contributed by atoms with Crippen molar-refractivity contribution in [2.45, 2.75) is 26.3 Å². The van der Waals surface area contributed by atoms with Gasteiger partial charge in [0.2, 0.25) is 0 Å². The molecule has 0 amide bonds.